The number of rotatable bonds is 8. The lowest BCUT2D eigenvalue weighted by Crippen LogP contribution is -2.43. The van der Waals surface area contributed by atoms with Gasteiger partial charge in [-0.25, -0.2) is 4.98 Å². The van der Waals surface area contributed by atoms with E-state index >= 15 is 0 Å². The van der Waals surface area contributed by atoms with Crippen LogP contribution in [0, 0.1) is 5.92 Å². The van der Waals surface area contributed by atoms with E-state index in [-0.39, 0.29) is 11.0 Å². The van der Waals surface area contributed by atoms with Crippen molar-refractivity contribution >= 4 is 11.0 Å². The molecule has 2 aliphatic rings. The number of benzene rings is 2. The molecule has 2 aliphatic carbocycles. The number of fused-ring (bicyclic) bond motifs is 1. The van der Waals surface area contributed by atoms with Crippen LogP contribution >= 0.6 is 0 Å². The van der Waals surface area contributed by atoms with Crippen molar-refractivity contribution in [3.8, 4) is 5.69 Å². The number of aromatic amines is 1. The van der Waals surface area contributed by atoms with E-state index in [4.69, 9.17) is 9.72 Å². The van der Waals surface area contributed by atoms with Gasteiger partial charge in [-0.3, -0.25) is 9.36 Å². The third-order valence-electron chi connectivity index (χ3n) is 8.30. The number of nitrogens with zero attached hydrogens (tertiary/aromatic N) is 5. The first kappa shape index (κ1) is 24.0. The highest BCUT2D eigenvalue weighted by Crippen LogP contribution is 2.51. The number of nitrogens with one attached hydrogen (secondary N) is 1. The molecule has 2 aromatic carbocycles. The van der Waals surface area contributed by atoms with Crippen LogP contribution in [0.5, 0.6) is 0 Å². The minimum atomic E-state index is -0.190. The molecule has 198 valence electrons. The van der Waals surface area contributed by atoms with E-state index < -0.39 is 0 Å². The Morgan fingerprint density at radius 1 is 1.08 bits per heavy atom. The summed E-state index contributed by atoms with van der Waals surface area (Å²) < 4.78 is 9.73. The van der Waals surface area contributed by atoms with E-state index in [1.54, 1.807) is 10.9 Å². The largest absolute Gasteiger partial charge is 0.369 e. The number of aromatic nitrogens is 6. The minimum Gasteiger partial charge on any atom is -0.369 e. The Kier molecular flexibility index (Phi) is 5.74. The normalized spacial score (nSPS) is 20.8. The standard InChI is InChI=1S/C31H32N6O2/c1-20-14-31(15-20,30-35-32-19-36(30)2)23-9-6-10-24(13-23)37-16-25(22-11-12-22)27-28(29(37)38)34-26(33-27)18-39-17-21-7-4-3-5-8-21/h3-10,13,16,19-20,22H,11-12,14-15,17-18H2,1-2H3,(H,33,34). The summed E-state index contributed by atoms with van der Waals surface area (Å²) in [5.41, 5.74) is 5.30. The number of hydrogen-bond donors (Lipinski definition) is 1. The molecule has 5 aromatic rings. The van der Waals surface area contributed by atoms with Gasteiger partial charge in [0.25, 0.3) is 5.56 Å². The van der Waals surface area contributed by atoms with Gasteiger partial charge in [-0.2, -0.15) is 0 Å². The summed E-state index contributed by atoms with van der Waals surface area (Å²) >= 11 is 0. The maximum absolute atomic E-state index is 13.8. The smallest absolute Gasteiger partial charge is 0.281 e. The lowest BCUT2D eigenvalue weighted by Gasteiger charge is -2.46. The van der Waals surface area contributed by atoms with Crippen LogP contribution in [-0.4, -0.2) is 29.3 Å². The molecular weight excluding hydrogens is 488 g/mol. The molecule has 7 rings (SSSR count). The van der Waals surface area contributed by atoms with Crippen LogP contribution in [0.4, 0.5) is 0 Å². The Labute approximate surface area is 226 Å². The van der Waals surface area contributed by atoms with Crippen LogP contribution in [0.1, 0.15) is 66.9 Å². The zero-order valence-corrected chi connectivity index (χ0v) is 22.3. The summed E-state index contributed by atoms with van der Waals surface area (Å²) in [4.78, 5) is 22.0. The van der Waals surface area contributed by atoms with E-state index in [2.05, 4.69) is 40.3 Å². The summed E-state index contributed by atoms with van der Waals surface area (Å²) in [7, 11) is 2.00. The maximum atomic E-state index is 13.8. The molecule has 3 aromatic heterocycles. The van der Waals surface area contributed by atoms with Gasteiger partial charge in [-0.15, -0.1) is 10.2 Å². The van der Waals surface area contributed by atoms with Gasteiger partial charge < -0.3 is 14.3 Å². The van der Waals surface area contributed by atoms with Crippen LogP contribution < -0.4 is 5.56 Å². The highest BCUT2D eigenvalue weighted by atomic mass is 16.5. The molecule has 3 heterocycles. The van der Waals surface area contributed by atoms with Crippen LogP contribution in [0.2, 0.25) is 0 Å². The summed E-state index contributed by atoms with van der Waals surface area (Å²) in [6, 6.07) is 18.4. The minimum absolute atomic E-state index is 0.0944. The second-order valence-corrected chi connectivity index (χ2v) is 11.3. The van der Waals surface area contributed by atoms with Gasteiger partial charge in [0.05, 0.1) is 17.5 Å². The molecule has 2 saturated carbocycles. The second kappa shape index (κ2) is 9.31. The Balaban J connectivity index is 1.26. The third-order valence-corrected chi connectivity index (χ3v) is 8.30. The lowest BCUT2D eigenvalue weighted by atomic mass is 9.58. The summed E-state index contributed by atoms with van der Waals surface area (Å²) in [5, 5.41) is 8.66. The molecule has 0 spiro atoms. The van der Waals surface area contributed by atoms with Gasteiger partial charge in [-0.05, 0) is 60.8 Å². The quantitative estimate of drug-likeness (QED) is 0.306. The number of hydrogen-bond acceptors (Lipinski definition) is 5. The molecule has 0 unspecified atom stereocenters. The molecule has 8 nitrogen and oxygen atoms in total. The Morgan fingerprint density at radius 2 is 1.90 bits per heavy atom. The van der Waals surface area contributed by atoms with E-state index in [1.165, 1.54) is 5.56 Å². The highest BCUT2D eigenvalue weighted by molar-refractivity contribution is 5.79. The molecule has 0 aliphatic heterocycles. The lowest BCUT2D eigenvalue weighted by molar-refractivity contribution is 0.102. The second-order valence-electron chi connectivity index (χ2n) is 11.3. The van der Waals surface area contributed by atoms with E-state index in [1.807, 2.05) is 54.2 Å². The topological polar surface area (TPSA) is 90.6 Å². The van der Waals surface area contributed by atoms with Crippen LogP contribution in [-0.2, 0) is 30.4 Å². The first-order valence-electron chi connectivity index (χ1n) is 13.7. The van der Waals surface area contributed by atoms with Crippen molar-refractivity contribution in [1.29, 1.82) is 0 Å². The zero-order valence-electron chi connectivity index (χ0n) is 22.3. The first-order valence-corrected chi connectivity index (χ1v) is 13.7. The van der Waals surface area contributed by atoms with Gasteiger partial charge in [0.2, 0.25) is 0 Å². The predicted molar refractivity (Wildman–Crippen MR) is 149 cm³/mol. The van der Waals surface area contributed by atoms with Gasteiger partial charge in [0.15, 0.2) is 0 Å². The zero-order chi connectivity index (χ0) is 26.6. The van der Waals surface area contributed by atoms with Crippen LogP contribution in [0.15, 0.2) is 71.9 Å². The first-order chi connectivity index (χ1) is 19.0. The van der Waals surface area contributed by atoms with E-state index in [0.29, 0.717) is 36.4 Å². The molecule has 0 saturated heterocycles. The van der Waals surface area contributed by atoms with Gasteiger partial charge in [0, 0.05) is 24.5 Å². The van der Waals surface area contributed by atoms with Gasteiger partial charge in [-0.1, -0.05) is 49.4 Å². The van der Waals surface area contributed by atoms with Crippen LogP contribution in [0.3, 0.4) is 0 Å². The Hall–Kier alpha value is -4.04. The molecule has 0 bridgehead atoms. The fraction of sp³-hybridized carbons (Fsp3) is 0.355. The summed E-state index contributed by atoms with van der Waals surface area (Å²) in [5.74, 6) is 2.70. The van der Waals surface area contributed by atoms with E-state index in [9.17, 15) is 4.79 Å². The number of aryl methyl sites for hydroxylation is 1. The maximum Gasteiger partial charge on any atom is 0.281 e. The number of ether oxygens (including phenoxy) is 1. The van der Waals surface area contributed by atoms with E-state index in [0.717, 1.165) is 53.8 Å². The monoisotopic (exact) mass is 520 g/mol. The molecule has 8 heteroatoms. The summed E-state index contributed by atoms with van der Waals surface area (Å²) in [6.07, 6.45) is 8.04. The highest BCUT2D eigenvalue weighted by Gasteiger charge is 2.48. The van der Waals surface area contributed by atoms with Crippen molar-refractivity contribution in [1.82, 2.24) is 29.3 Å². The summed E-state index contributed by atoms with van der Waals surface area (Å²) in [6.45, 7) is 3.09. The van der Waals surface area contributed by atoms with Crippen molar-refractivity contribution in [2.45, 2.75) is 57.2 Å². The molecule has 0 amide bonds. The Bertz CT molecular complexity index is 1710. The van der Waals surface area contributed by atoms with Gasteiger partial charge in [0.1, 0.15) is 30.1 Å². The van der Waals surface area contributed by atoms with Crippen molar-refractivity contribution < 1.29 is 4.74 Å². The van der Waals surface area contributed by atoms with Crippen LogP contribution in [0.25, 0.3) is 16.7 Å². The molecule has 1 N–H and O–H groups in total. The molecule has 0 radical (unpaired) electrons. The van der Waals surface area contributed by atoms with Crippen molar-refractivity contribution in [3.63, 3.8) is 0 Å². The average Bonchev–Trinajstić information content (AvgIpc) is 3.54. The number of pyridine rings is 1. The third kappa shape index (κ3) is 4.19. The van der Waals surface area contributed by atoms with Gasteiger partial charge >= 0.3 is 0 Å². The molecule has 2 fully saturated rings. The Morgan fingerprint density at radius 3 is 2.62 bits per heavy atom. The van der Waals surface area contributed by atoms with Crippen molar-refractivity contribution in [2.75, 3.05) is 0 Å². The average molecular weight is 521 g/mol. The SMILES string of the molecule is CC1CC(c2cccc(-n3cc(C4CC4)c4nc(COCc5ccccc5)[nH]c4c3=O)c2)(c2nncn2C)C1. The fourth-order valence-corrected chi connectivity index (χ4v) is 6.31. The number of imidazole rings is 1. The molecule has 0 atom stereocenters. The van der Waals surface area contributed by atoms with Crippen molar-refractivity contribution in [3.05, 3.63) is 106 Å². The van der Waals surface area contributed by atoms with Crippen molar-refractivity contribution in [2.24, 2.45) is 13.0 Å². The molecule has 39 heavy (non-hydrogen) atoms. The number of H-pyrrole nitrogens is 1. The fourth-order valence-electron chi connectivity index (χ4n) is 6.31. The molecular formula is C31H32N6O2. The predicted octanol–water partition coefficient (Wildman–Crippen LogP) is 5.15.